The molecule has 0 aliphatic heterocycles. The number of aromatic nitrogens is 2. The van der Waals surface area contributed by atoms with E-state index in [0.29, 0.717) is 11.5 Å². The van der Waals surface area contributed by atoms with Gasteiger partial charge in [-0.05, 0) is 13.3 Å². The zero-order chi connectivity index (χ0) is 9.14. The number of aryl methyl sites for hydroxylation is 2. The van der Waals surface area contributed by atoms with Crippen LogP contribution in [0.3, 0.4) is 0 Å². The zero-order valence-corrected chi connectivity index (χ0v) is 7.13. The van der Waals surface area contributed by atoms with Crippen molar-refractivity contribution >= 4 is 5.69 Å². The molecule has 0 unspecified atom stereocenters. The number of nitrogens with zero attached hydrogens (tertiary/aromatic N) is 3. The summed E-state index contributed by atoms with van der Waals surface area (Å²) < 4.78 is 0. The SMILES string of the molecule is CCc1nc(C)nc(C#N)c1N. The maximum absolute atomic E-state index is 8.64. The molecule has 0 bridgehead atoms. The third kappa shape index (κ3) is 1.35. The molecule has 62 valence electrons. The van der Waals surface area contributed by atoms with Crippen LogP contribution in [0.4, 0.5) is 5.69 Å². The molecule has 0 saturated heterocycles. The van der Waals surface area contributed by atoms with Crippen LogP contribution in [0.2, 0.25) is 0 Å². The molecule has 0 amide bonds. The highest BCUT2D eigenvalue weighted by atomic mass is 14.9. The highest BCUT2D eigenvalue weighted by Gasteiger charge is 2.06. The van der Waals surface area contributed by atoms with Crippen LogP contribution in [0, 0.1) is 18.3 Å². The van der Waals surface area contributed by atoms with Crippen LogP contribution in [0.25, 0.3) is 0 Å². The van der Waals surface area contributed by atoms with Crippen molar-refractivity contribution < 1.29 is 0 Å². The van der Waals surface area contributed by atoms with Gasteiger partial charge in [-0.1, -0.05) is 6.92 Å². The number of rotatable bonds is 1. The third-order valence-electron chi connectivity index (χ3n) is 1.58. The molecular formula is C8H10N4. The first-order valence-electron chi connectivity index (χ1n) is 3.72. The summed E-state index contributed by atoms with van der Waals surface area (Å²) in [5.41, 5.74) is 7.06. The van der Waals surface area contributed by atoms with Gasteiger partial charge in [0.2, 0.25) is 0 Å². The number of hydrogen-bond donors (Lipinski definition) is 1. The molecule has 1 rings (SSSR count). The number of nitriles is 1. The fourth-order valence-corrected chi connectivity index (χ4v) is 0.994. The molecule has 0 aromatic carbocycles. The Bertz CT molecular complexity index is 338. The van der Waals surface area contributed by atoms with Gasteiger partial charge in [0.15, 0.2) is 5.69 Å². The van der Waals surface area contributed by atoms with Crippen molar-refractivity contribution in [2.75, 3.05) is 5.73 Å². The Labute approximate surface area is 71.1 Å². The van der Waals surface area contributed by atoms with Gasteiger partial charge in [0.25, 0.3) is 0 Å². The summed E-state index contributed by atoms with van der Waals surface area (Å²) in [4.78, 5) is 8.02. The molecule has 1 aromatic heterocycles. The second kappa shape index (κ2) is 3.18. The van der Waals surface area contributed by atoms with Crippen molar-refractivity contribution in [2.45, 2.75) is 20.3 Å². The monoisotopic (exact) mass is 162 g/mol. The molecule has 0 atom stereocenters. The smallest absolute Gasteiger partial charge is 0.167 e. The Hall–Kier alpha value is -1.63. The van der Waals surface area contributed by atoms with E-state index in [2.05, 4.69) is 9.97 Å². The molecule has 0 spiro atoms. The van der Waals surface area contributed by atoms with E-state index >= 15 is 0 Å². The summed E-state index contributed by atoms with van der Waals surface area (Å²) in [6.45, 7) is 3.69. The lowest BCUT2D eigenvalue weighted by atomic mass is 10.2. The standard InChI is InChI=1S/C8H10N4/c1-3-6-8(10)7(4-9)12-5(2)11-6/h3,10H2,1-2H3. The molecule has 0 aliphatic carbocycles. The van der Waals surface area contributed by atoms with Crippen LogP contribution >= 0.6 is 0 Å². The largest absolute Gasteiger partial charge is 0.395 e. The number of nitrogen functional groups attached to an aromatic ring is 1. The number of hydrogen-bond acceptors (Lipinski definition) is 4. The van der Waals surface area contributed by atoms with E-state index in [0.717, 1.165) is 12.1 Å². The van der Waals surface area contributed by atoms with Crippen LogP contribution in [0.5, 0.6) is 0 Å². The summed E-state index contributed by atoms with van der Waals surface area (Å²) in [6, 6.07) is 1.93. The lowest BCUT2D eigenvalue weighted by molar-refractivity contribution is 0.946. The van der Waals surface area contributed by atoms with Crippen molar-refractivity contribution in [2.24, 2.45) is 0 Å². The third-order valence-corrected chi connectivity index (χ3v) is 1.58. The van der Waals surface area contributed by atoms with Crippen LogP contribution in [0.1, 0.15) is 24.1 Å². The Morgan fingerprint density at radius 3 is 2.67 bits per heavy atom. The Morgan fingerprint density at radius 1 is 1.50 bits per heavy atom. The average Bonchev–Trinajstić information content (AvgIpc) is 2.08. The number of anilines is 1. The summed E-state index contributed by atoms with van der Waals surface area (Å²) in [5.74, 6) is 0.595. The molecule has 0 saturated carbocycles. The van der Waals surface area contributed by atoms with Gasteiger partial charge >= 0.3 is 0 Å². The van der Waals surface area contributed by atoms with E-state index in [1.807, 2.05) is 13.0 Å². The van der Waals surface area contributed by atoms with Crippen molar-refractivity contribution in [1.82, 2.24) is 9.97 Å². The Kier molecular flexibility index (Phi) is 2.24. The van der Waals surface area contributed by atoms with Crippen LogP contribution in [-0.2, 0) is 6.42 Å². The minimum absolute atomic E-state index is 0.277. The van der Waals surface area contributed by atoms with Crippen molar-refractivity contribution in [1.29, 1.82) is 5.26 Å². The topological polar surface area (TPSA) is 75.6 Å². The number of nitrogens with two attached hydrogens (primary N) is 1. The van der Waals surface area contributed by atoms with Gasteiger partial charge in [-0.2, -0.15) is 5.26 Å². The summed E-state index contributed by atoms with van der Waals surface area (Å²) >= 11 is 0. The van der Waals surface area contributed by atoms with Crippen molar-refractivity contribution in [3.05, 3.63) is 17.2 Å². The highest BCUT2D eigenvalue weighted by molar-refractivity contribution is 5.53. The fourth-order valence-electron chi connectivity index (χ4n) is 0.994. The first-order valence-corrected chi connectivity index (χ1v) is 3.72. The van der Waals surface area contributed by atoms with Crippen LogP contribution in [-0.4, -0.2) is 9.97 Å². The van der Waals surface area contributed by atoms with Crippen molar-refractivity contribution in [3.63, 3.8) is 0 Å². The summed E-state index contributed by atoms with van der Waals surface area (Å²) in [5, 5.41) is 8.64. The first kappa shape index (κ1) is 8.47. The van der Waals surface area contributed by atoms with Crippen molar-refractivity contribution in [3.8, 4) is 6.07 Å². The molecule has 2 N–H and O–H groups in total. The molecule has 0 aliphatic rings. The summed E-state index contributed by atoms with van der Waals surface area (Å²) in [6.07, 6.45) is 0.726. The van der Waals surface area contributed by atoms with E-state index < -0.39 is 0 Å². The lowest BCUT2D eigenvalue weighted by Crippen LogP contribution is -2.04. The highest BCUT2D eigenvalue weighted by Crippen LogP contribution is 2.13. The maximum Gasteiger partial charge on any atom is 0.167 e. The van der Waals surface area contributed by atoms with E-state index in [1.54, 1.807) is 6.92 Å². The summed E-state index contributed by atoms with van der Waals surface area (Å²) in [7, 11) is 0. The molecular weight excluding hydrogens is 152 g/mol. The van der Waals surface area contributed by atoms with E-state index in [-0.39, 0.29) is 5.69 Å². The second-order valence-corrected chi connectivity index (χ2v) is 2.45. The molecule has 12 heavy (non-hydrogen) atoms. The van der Waals surface area contributed by atoms with Gasteiger partial charge in [0.1, 0.15) is 11.9 Å². The Morgan fingerprint density at radius 2 is 2.17 bits per heavy atom. The molecule has 1 aromatic rings. The quantitative estimate of drug-likeness (QED) is 0.662. The van der Waals surface area contributed by atoms with Gasteiger partial charge < -0.3 is 5.73 Å². The van der Waals surface area contributed by atoms with Gasteiger partial charge in [-0.3, -0.25) is 0 Å². The Balaban J connectivity index is 3.34. The first-order chi connectivity index (χ1) is 5.69. The van der Waals surface area contributed by atoms with Gasteiger partial charge in [-0.15, -0.1) is 0 Å². The molecule has 0 radical (unpaired) electrons. The van der Waals surface area contributed by atoms with Gasteiger partial charge in [-0.25, -0.2) is 9.97 Å². The average molecular weight is 162 g/mol. The fraction of sp³-hybridized carbons (Fsp3) is 0.375. The lowest BCUT2D eigenvalue weighted by Gasteiger charge is -2.03. The van der Waals surface area contributed by atoms with Crippen LogP contribution in [0.15, 0.2) is 0 Å². The molecule has 1 heterocycles. The zero-order valence-electron chi connectivity index (χ0n) is 7.13. The van der Waals surface area contributed by atoms with Crippen LogP contribution < -0.4 is 5.73 Å². The molecule has 4 heteroatoms. The molecule has 0 fully saturated rings. The minimum Gasteiger partial charge on any atom is -0.395 e. The second-order valence-electron chi connectivity index (χ2n) is 2.45. The normalized spacial score (nSPS) is 9.42. The van der Waals surface area contributed by atoms with Gasteiger partial charge in [0.05, 0.1) is 11.4 Å². The predicted octanol–water partition coefficient (Wildman–Crippen LogP) is 0.801. The van der Waals surface area contributed by atoms with E-state index in [9.17, 15) is 0 Å². The van der Waals surface area contributed by atoms with E-state index in [1.165, 1.54) is 0 Å². The predicted molar refractivity (Wildman–Crippen MR) is 45.3 cm³/mol. The minimum atomic E-state index is 0.277. The molecule has 4 nitrogen and oxygen atoms in total. The van der Waals surface area contributed by atoms with E-state index in [4.69, 9.17) is 11.0 Å². The maximum atomic E-state index is 8.64. The van der Waals surface area contributed by atoms with Gasteiger partial charge in [0, 0.05) is 0 Å².